The molecule has 1 nitrogen and oxygen atoms in total. The molecule has 0 fully saturated rings. The molecule has 0 aliphatic heterocycles. The third kappa shape index (κ3) is 3.10. The minimum Gasteiger partial charge on any atom is -0.461 e. The summed E-state index contributed by atoms with van der Waals surface area (Å²) in [5.41, 5.74) is 0. The van der Waals surface area contributed by atoms with E-state index in [9.17, 15) is 0 Å². The van der Waals surface area contributed by atoms with Gasteiger partial charge in [-0.15, -0.1) is 11.3 Å². The van der Waals surface area contributed by atoms with Crippen LogP contribution in [0.2, 0.25) is 0 Å². The van der Waals surface area contributed by atoms with Crippen LogP contribution < -0.4 is 0 Å². The molecule has 2 heterocycles. The van der Waals surface area contributed by atoms with E-state index in [0.717, 1.165) is 0 Å². The van der Waals surface area contributed by atoms with Gasteiger partial charge in [0.1, 0.15) is 0 Å². The third-order valence-corrected chi connectivity index (χ3v) is 1.32. The first kappa shape index (κ1) is 7.09. The smallest absolute Gasteiger partial charge is 0.169 e. The van der Waals surface area contributed by atoms with Gasteiger partial charge in [-0.1, -0.05) is 6.07 Å². The lowest BCUT2D eigenvalue weighted by atomic mass is 10.7. The van der Waals surface area contributed by atoms with Gasteiger partial charge in [0.2, 0.25) is 0 Å². The lowest BCUT2D eigenvalue weighted by Crippen LogP contribution is -1.19. The van der Waals surface area contributed by atoms with Crippen molar-refractivity contribution in [1.82, 2.24) is 0 Å². The normalized spacial score (nSPS) is 8.00. The molecule has 0 aromatic carbocycles. The molecule has 50 valence electrons. The number of rotatable bonds is 0. The highest BCUT2D eigenvalue weighted by Crippen LogP contribution is 1.90. The minimum absolute atomic E-state index is 1.57. The molecule has 0 bridgehead atoms. The summed E-state index contributed by atoms with van der Waals surface area (Å²) in [4.78, 5) is 0. The fourth-order valence-corrected chi connectivity index (χ4v) is 0.786. The number of furan rings is 1. The molecule has 0 aliphatic carbocycles. The average Bonchev–Trinajstić information content (AvgIpc) is 2.67. The molecule has 2 rings (SSSR count). The van der Waals surface area contributed by atoms with Gasteiger partial charge < -0.3 is 4.42 Å². The van der Waals surface area contributed by atoms with E-state index in [1.165, 1.54) is 0 Å². The van der Waals surface area contributed by atoms with Crippen molar-refractivity contribution in [2.45, 2.75) is 0 Å². The summed E-state index contributed by atoms with van der Waals surface area (Å²) in [6.07, 6.45) is 4.06. The van der Waals surface area contributed by atoms with E-state index < -0.39 is 0 Å². The highest BCUT2D eigenvalue weighted by atomic mass is 32.1. The lowest BCUT2D eigenvalue weighted by molar-refractivity contribution is 0.558. The summed E-state index contributed by atoms with van der Waals surface area (Å²) in [6.45, 7) is 0. The summed E-state index contributed by atoms with van der Waals surface area (Å²) in [7, 11) is 0. The second kappa shape index (κ2) is 4.82. The van der Waals surface area contributed by atoms with Crippen molar-refractivity contribution >= 4 is 11.3 Å². The van der Waals surface area contributed by atoms with Crippen LogP contribution in [-0.4, -0.2) is 0 Å². The molecule has 0 aliphatic rings. The first-order valence-electron chi connectivity index (χ1n) is 2.79. The summed E-state index contributed by atoms with van der Waals surface area (Å²) in [5.74, 6) is 0. The molecular weight excluding hydrogens is 144 g/mol. The fourth-order valence-electron chi connectivity index (χ4n) is 0.393. The maximum atomic E-state index is 4.46. The summed E-state index contributed by atoms with van der Waals surface area (Å²) >= 11 is 1.59. The van der Waals surface area contributed by atoms with Crippen LogP contribution in [0.1, 0.15) is 0 Å². The first-order valence-corrected chi connectivity index (χ1v) is 3.67. The van der Waals surface area contributed by atoms with E-state index in [4.69, 9.17) is 0 Å². The average molecular weight is 150 g/mol. The van der Waals surface area contributed by atoms with Gasteiger partial charge in [-0.2, -0.15) is 0 Å². The maximum absolute atomic E-state index is 4.46. The van der Waals surface area contributed by atoms with Crippen molar-refractivity contribution in [3.63, 3.8) is 0 Å². The van der Waals surface area contributed by atoms with E-state index in [1.807, 2.05) is 17.5 Å². The Kier molecular flexibility index (Phi) is 3.42. The van der Waals surface area contributed by atoms with Crippen molar-refractivity contribution in [3.8, 4) is 0 Å². The molecule has 0 unspecified atom stereocenters. The van der Waals surface area contributed by atoms with Crippen molar-refractivity contribution < 1.29 is 4.42 Å². The minimum atomic E-state index is 1.57. The molecule has 0 atom stereocenters. The third-order valence-electron chi connectivity index (χ3n) is 0.758. The van der Waals surface area contributed by atoms with Gasteiger partial charge in [-0.3, -0.25) is 0 Å². The number of hydrogen-bond donors (Lipinski definition) is 0. The summed E-state index contributed by atoms with van der Waals surface area (Å²) < 4.78 is 4.46. The molecule has 10 heavy (non-hydrogen) atoms. The van der Waals surface area contributed by atoms with Crippen LogP contribution in [0.4, 0.5) is 0 Å². The Hall–Kier alpha value is -1.02. The Bertz CT molecular complexity index is 148. The van der Waals surface area contributed by atoms with Gasteiger partial charge in [0.25, 0.3) is 0 Å². The quantitative estimate of drug-likeness (QED) is 0.562. The van der Waals surface area contributed by atoms with E-state index >= 15 is 0 Å². The van der Waals surface area contributed by atoms with Gasteiger partial charge in [-0.05, 0) is 23.6 Å². The monoisotopic (exact) mass is 150 g/mol. The molecule has 2 aromatic heterocycles. The second-order valence-corrected chi connectivity index (χ2v) is 2.21. The maximum Gasteiger partial charge on any atom is 0.169 e. The van der Waals surface area contributed by atoms with Gasteiger partial charge >= 0.3 is 0 Å². The Morgan fingerprint density at radius 3 is 2.40 bits per heavy atom. The fraction of sp³-hybridized carbons (Fsp3) is 0. The molecule has 0 saturated carbocycles. The van der Waals surface area contributed by atoms with E-state index in [-0.39, 0.29) is 0 Å². The van der Waals surface area contributed by atoms with Crippen molar-refractivity contribution in [3.05, 3.63) is 47.6 Å². The molecule has 0 saturated heterocycles. The molecule has 0 spiro atoms. The van der Waals surface area contributed by atoms with Crippen LogP contribution in [0.3, 0.4) is 0 Å². The van der Waals surface area contributed by atoms with Crippen molar-refractivity contribution in [2.75, 3.05) is 0 Å². The van der Waals surface area contributed by atoms with E-state index in [1.54, 1.807) is 29.7 Å². The lowest BCUT2D eigenvalue weighted by Gasteiger charge is -1.48. The van der Waals surface area contributed by atoms with Crippen LogP contribution in [0, 0.1) is 11.6 Å². The van der Waals surface area contributed by atoms with Crippen LogP contribution >= 0.6 is 11.3 Å². The topological polar surface area (TPSA) is 13.1 Å². The Labute approximate surface area is 63.9 Å². The number of hydrogen-bond acceptors (Lipinski definition) is 2. The van der Waals surface area contributed by atoms with Crippen LogP contribution in [0.5, 0.6) is 0 Å². The van der Waals surface area contributed by atoms with Gasteiger partial charge in [0.15, 0.2) is 6.26 Å². The zero-order chi connectivity index (χ0) is 7.07. The van der Waals surface area contributed by atoms with Crippen LogP contribution in [0.25, 0.3) is 0 Å². The SMILES string of the molecule is [c]1ccco1.[c]1cccs1. The molecule has 2 radical (unpaired) electrons. The molecule has 0 amide bonds. The molecule has 2 heteroatoms. The van der Waals surface area contributed by atoms with E-state index in [2.05, 4.69) is 16.1 Å². The Balaban J connectivity index is 0.0000001000. The van der Waals surface area contributed by atoms with Crippen LogP contribution in [0.15, 0.2) is 40.3 Å². The zero-order valence-electron chi connectivity index (χ0n) is 5.28. The van der Waals surface area contributed by atoms with Crippen LogP contribution in [-0.2, 0) is 0 Å². The van der Waals surface area contributed by atoms with Crippen molar-refractivity contribution in [2.24, 2.45) is 0 Å². The molecular formula is C8H6OS. The predicted octanol–water partition coefficient (Wildman–Crippen LogP) is 2.63. The van der Waals surface area contributed by atoms with E-state index in [0.29, 0.717) is 0 Å². The zero-order valence-corrected chi connectivity index (χ0v) is 6.10. The molecule has 0 N–H and O–H groups in total. The van der Waals surface area contributed by atoms with Crippen molar-refractivity contribution in [1.29, 1.82) is 0 Å². The highest BCUT2D eigenvalue weighted by Gasteiger charge is 1.61. The second-order valence-electron chi connectivity index (χ2n) is 1.46. The summed E-state index contributed by atoms with van der Waals surface area (Å²) in [6, 6.07) is 7.34. The Morgan fingerprint density at radius 1 is 1.20 bits per heavy atom. The molecule has 2 aromatic rings. The van der Waals surface area contributed by atoms with Gasteiger partial charge in [0, 0.05) is 5.38 Å². The van der Waals surface area contributed by atoms with Gasteiger partial charge in [0.05, 0.1) is 6.26 Å². The summed E-state index contributed by atoms with van der Waals surface area (Å²) in [5, 5.41) is 4.89. The highest BCUT2D eigenvalue weighted by molar-refractivity contribution is 7.07. The standard InChI is InChI=1S/C4H3O.C4H3S/c2*1-2-4-5-3-1/h2*1-3H. The number of thiophene rings is 1. The van der Waals surface area contributed by atoms with Gasteiger partial charge in [-0.25, -0.2) is 0 Å². The predicted molar refractivity (Wildman–Crippen MR) is 40.7 cm³/mol. The largest absolute Gasteiger partial charge is 0.461 e. The first-order chi connectivity index (χ1) is 5.00. The Morgan fingerprint density at radius 2 is 2.20 bits per heavy atom.